The van der Waals surface area contributed by atoms with Gasteiger partial charge in [0, 0.05) is 16.9 Å². The highest BCUT2D eigenvalue weighted by Gasteiger charge is 2.28. The van der Waals surface area contributed by atoms with E-state index in [2.05, 4.69) is 4.85 Å². The number of para-hydroxylation sites is 1. The summed E-state index contributed by atoms with van der Waals surface area (Å²) in [5.74, 6) is 0.723. The number of aryl methyl sites for hydroxylation is 1. The molecule has 2 aromatic rings. The Hall–Kier alpha value is -1.96. The summed E-state index contributed by atoms with van der Waals surface area (Å²) in [6.07, 6.45) is 0. The number of nitrogens with zero attached hydrogens (tertiary/aromatic N) is 1. The standard InChI is InChI=1S/C16H15NO2S/c1-11-8-9-13(15(10-11)20-18)16(17-2)12-6-4-5-7-14(12)19-3/h2,4-10,16H,1,3H3/p+1/t16-/m1/s1. The van der Waals surface area contributed by atoms with Gasteiger partial charge in [0.15, 0.2) is 0 Å². The van der Waals surface area contributed by atoms with Crippen molar-refractivity contribution in [1.29, 1.82) is 0 Å². The van der Waals surface area contributed by atoms with E-state index in [0.717, 1.165) is 27.3 Å². The van der Waals surface area contributed by atoms with Crippen molar-refractivity contribution in [3.8, 4) is 12.3 Å². The van der Waals surface area contributed by atoms with Gasteiger partial charge in [-0.05, 0) is 36.8 Å². The van der Waals surface area contributed by atoms with Gasteiger partial charge in [0.2, 0.25) is 0 Å². The topological polar surface area (TPSA) is 33.8 Å². The van der Waals surface area contributed by atoms with Crippen molar-refractivity contribution >= 4 is 12.0 Å². The summed E-state index contributed by atoms with van der Waals surface area (Å²) in [6.45, 7) is 7.57. The first-order valence-corrected chi connectivity index (χ1v) is 6.93. The average Bonchev–Trinajstić information content (AvgIpc) is 2.49. The lowest BCUT2D eigenvalue weighted by atomic mass is 9.97. The molecule has 1 N–H and O–H groups in total. The van der Waals surface area contributed by atoms with Crippen molar-refractivity contribution in [1.82, 2.24) is 0 Å². The van der Waals surface area contributed by atoms with E-state index in [1.54, 1.807) is 7.11 Å². The molecule has 0 radical (unpaired) electrons. The molecule has 0 aliphatic carbocycles. The number of methoxy groups -OCH3 is 1. The molecule has 0 spiro atoms. The molecule has 3 nitrogen and oxygen atoms in total. The Morgan fingerprint density at radius 2 is 1.95 bits per heavy atom. The van der Waals surface area contributed by atoms with Crippen LogP contribution in [0.25, 0.3) is 4.85 Å². The van der Waals surface area contributed by atoms with Crippen molar-refractivity contribution in [3.05, 3.63) is 64.0 Å². The van der Waals surface area contributed by atoms with Crippen LogP contribution < -0.4 is 4.74 Å². The first-order valence-electron chi connectivity index (χ1n) is 6.16. The molecule has 20 heavy (non-hydrogen) atoms. The van der Waals surface area contributed by atoms with Crippen LogP contribution >= 0.6 is 12.0 Å². The minimum atomic E-state index is -0.374. The molecule has 2 rings (SSSR count). The number of rotatable bonds is 4. The zero-order chi connectivity index (χ0) is 14.5. The highest BCUT2D eigenvalue weighted by atomic mass is 32.2. The van der Waals surface area contributed by atoms with Gasteiger partial charge in [-0.1, -0.05) is 23.0 Å². The smallest absolute Gasteiger partial charge is 0.326 e. The maximum absolute atomic E-state index is 9.46. The summed E-state index contributed by atoms with van der Waals surface area (Å²) >= 11 is 0.705. The largest absolute Gasteiger partial charge is 0.496 e. The number of hydrogen-bond acceptors (Lipinski definition) is 3. The van der Waals surface area contributed by atoms with Crippen molar-refractivity contribution < 1.29 is 9.29 Å². The van der Waals surface area contributed by atoms with Crippen LogP contribution in [0.4, 0.5) is 0 Å². The van der Waals surface area contributed by atoms with E-state index in [1.165, 1.54) is 0 Å². The quantitative estimate of drug-likeness (QED) is 0.833. The van der Waals surface area contributed by atoms with Gasteiger partial charge in [-0.15, -0.1) is 0 Å². The van der Waals surface area contributed by atoms with Crippen molar-refractivity contribution in [2.24, 2.45) is 0 Å². The third-order valence-electron chi connectivity index (χ3n) is 3.14. The minimum absolute atomic E-state index is 0.374. The van der Waals surface area contributed by atoms with Gasteiger partial charge in [0.05, 0.1) is 18.2 Å². The Kier molecular flexibility index (Phi) is 4.67. The molecule has 0 aliphatic rings. The predicted octanol–water partition coefficient (Wildman–Crippen LogP) is 4.62. The molecule has 1 atom stereocenters. The summed E-state index contributed by atoms with van der Waals surface area (Å²) in [5, 5.41) is 0. The molecule has 0 saturated heterocycles. The molecule has 0 fully saturated rings. The zero-order valence-corrected chi connectivity index (χ0v) is 12.2. The van der Waals surface area contributed by atoms with Crippen LogP contribution in [0, 0.1) is 13.5 Å². The van der Waals surface area contributed by atoms with E-state index < -0.39 is 0 Å². The summed E-state index contributed by atoms with van der Waals surface area (Å²) in [7, 11) is 1.61. The molecule has 0 heterocycles. The van der Waals surface area contributed by atoms with Crippen molar-refractivity contribution in [2.75, 3.05) is 7.11 Å². The van der Waals surface area contributed by atoms with Gasteiger partial charge in [0.25, 0.3) is 6.57 Å². The third kappa shape index (κ3) is 2.79. The van der Waals surface area contributed by atoms with Gasteiger partial charge in [-0.3, -0.25) is 0 Å². The lowest BCUT2D eigenvalue weighted by Crippen LogP contribution is -2.01. The normalized spacial score (nSPS) is 11.7. The van der Waals surface area contributed by atoms with E-state index >= 15 is 0 Å². The molecular formula is C16H16NO2S+. The molecule has 0 aromatic heterocycles. The Balaban J connectivity index is 2.56. The fraction of sp³-hybridized carbons (Fsp3) is 0.188. The lowest BCUT2D eigenvalue weighted by Gasteiger charge is -2.11. The van der Waals surface area contributed by atoms with Crippen LogP contribution in [-0.4, -0.2) is 11.7 Å². The van der Waals surface area contributed by atoms with Gasteiger partial charge in [-0.2, -0.15) is 0 Å². The van der Waals surface area contributed by atoms with Gasteiger partial charge < -0.3 is 9.29 Å². The Labute approximate surface area is 123 Å². The Morgan fingerprint density at radius 1 is 1.20 bits per heavy atom. The van der Waals surface area contributed by atoms with Gasteiger partial charge >= 0.3 is 6.04 Å². The van der Waals surface area contributed by atoms with Crippen LogP contribution in [0.3, 0.4) is 0 Å². The fourth-order valence-electron chi connectivity index (χ4n) is 2.17. The first kappa shape index (κ1) is 14.4. The molecule has 0 unspecified atom stereocenters. The molecule has 0 saturated carbocycles. The molecule has 102 valence electrons. The highest BCUT2D eigenvalue weighted by Crippen LogP contribution is 2.37. The second-order valence-corrected chi connectivity index (χ2v) is 5.05. The number of benzene rings is 2. The molecule has 0 bridgehead atoms. The average molecular weight is 286 g/mol. The van der Waals surface area contributed by atoms with E-state index in [9.17, 15) is 4.55 Å². The number of hydrogen-bond donors (Lipinski definition) is 1. The van der Waals surface area contributed by atoms with E-state index in [1.807, 2.05) is 49.4 Å². The summed E-state index contributed by atoms with van der Waals surface area (Å²) in [6, 6.07) is 13.0. The van der Waals surface area contributed by atoms with Crippen LogP contribution in [0.5, 0.6) is 5.75 Å². The zero-order valence-electron chi connectivity index (χ0n) is 11.4. The van der Waals surface area contributed by atoms with Crippen LogP contribution in [0.2, 0.25) is 0 Å². The Bertz CT molecular complexity index is 649. The van der Waals surface area contributed by atoms with Gasteiger partial charge in [0.1, 0.15) is 5.75 Å². The van der Waals surface area contributed by atoms with Crippen molar-refractivity contribution in [3.63, 3.8) is 0 Å². The van der Waals surface area contributed by atoms with E-state index in [4.69, 9.17) is 11.3 Å². The maximum Gasteiger partial charge on any atom is 0.326 e. The highest BCUT2D eigenvalue weighted by molar-refractivity contribution is 7.93. The summed E-state index contributed by atoms with van der Waals surface area (Å²) < 4.78 is 14.8. The molecule has 0 amide bonds. The molecule has 0 aliphatic heterocycles. The second-order valence-electron chi connectivity index (χ2n) is 4.43. The monoisotopic (exact) mass is 286 g/mol. The predicted molar refractivity (Wildman–Crippen MR) is 82.8 cm³/mol. The van der Waals surface area contributed by atoms with Crippen LogP contribution in [0.1, 0.15) is 22.7 Å². The number of ether oxygens (including phenoxy) is 1. The summed E-state index contributed by atoms with van der Waals surface area (Å²) in [5.41, 5.74) is 2.80. The lowest BCUT2D eigenvalue weighted by molar-refractivity contribution is 0.409. The fourth-order valence-corrected chi connectivity index (χ4v) is 2.69. The van der Waals surface area contributed by atoms with E-state index in [0.29, 0.717) is 12.0 Å². The molecular weight excluding hydrogens is 270 g/mol. The van der Waals surface area contributed by atoms with Crippen LogP contribution in [-0.2, 0) is 0 Å². The summed E-state index contributed by atoms with van der Waals surface area (Å²) in [4.78, 5) is 4.72. The maximum atomic E-state index is 9.46. The molecule has 2 aromatic carbocycles. The third-order valence-corrected chi connectivity index (χ3v) is 3.69. The van der Waals surface area contributed by atoms with Crippen molar-refractivity contribution in [2.45, 2.75) is 17.9 Å². The van der Waals surface area contributed by atoms with Gasteiger partial charge in [-0.25, -0.2) is 0 Å². The molecule has 4 heteroatoms. The van der Waals surface area contributed by atoms with E-state index in [-0.39, 0.29) is 6.04 Å². The Morgan fingerprint density at radius 3 is 2.60 bits per heavy atom. The van der Waals surface area contributed by atoms with Crippen LogP contribution in [0.15, 0.2) is 47.4 Å². The first-order chi connectivity index (χ1) is 9.71. The second kappa shape index (κ2) is 6.47. The minimum Gasteiger partial charge on any atom is -0.496 e. The SMILES string of the molecule is C#[N+][C@H](c1ccccc1OC)c1ccc(C)cc1SO.